The minimum Gasteiger partial charge on any atom is -0.461 e. The maximum absolute atomic E-state index is 12.9. The monoisotopic (exact) mass is 553 g/mol. The first-order valence-electron chi connectivity index (χ1n) is 10.9. The van der Waals surface area contributed by atoms with E-state index < -0.39 is 34.9 Å². The summed E-state index contributed by atoms with van der Waals surface area (Å²) in [5, 5.41) is 3.72. The Labute approximate surface area is 216 Å². The van der Waals surface area contributed by atoms with Crippen molar-refractivity contribution >= 4 is 40.1 Å². The molecule has 8 nitrogen and oxygen atoms in total. The average Bonchev–Trinajstić information content (AvgIpc) is 2.93. The summed E-state index contributed by atoms with van der Waals surface area (Å²) in [6, 6.07) is 25.1. The van der Waals surface area contributed by atoms with Crippen LogP contribution < -0.4 is 0 Å². The number of nitrogens with zero attached hydrogens (tertiary/aromatic N) is 1. The molecule has 0 heterocycles. The molecule has 0 saturated carbocycles. The molecule has 0 aliphatic carbocycles. The van der Waals surface area contributed by atoms with Crippen LogP contribution in [-0.4, -0.2) is 54.9 Å². The lowest BCUT2D eigenvalue weighted by atomic mass is 10.1. The normalized spacial score (nSPS) is 13.3. The second-order valence-corrected chi connectivity index (χ2v) is 8.57. The van der Waals surface area contributed by atoms with Crippen molar-refractivity contribution in [2.45, 2.75) is 17.0 Å². The van der Waals surface area contributed by atoms with Crippen LogP contribution in [-0.2, 0) is 19.0 Å². The molecule has 0 spiro atoms. The van der Waals surface area contributed by atoms with E-state index in [0.717, 1.165) is 0 Å². The van der Waals surface area contributed by atoms with E-state index in [-0.39, 0.29) is 6.61 Å². The predicted octanol–water partition coefficient (Wildman–Crippen LogP) is 4.69. The van der Waals surface area contributed by atoms with Crippen LogP contribution in [0.3, 0.4) is 0 Å². The quantitative estimate of drug-likeness (QED) is 0.112. The van der Waals surface area contributed by atoms with Crippen LogP contribution in [0.1, 0.15) is 31.1 Å². The topological polar surface area (TPSA) is 100 Å². The van der Waals surface area contributed by atoms with E-state index in [9.17, 15) is 14.4 Å². The van der Waals surface area contributed by atoms with Gasteiger partial charge in [-0.1, -0.05) is 75.7 Å². The Morgan fingerprint density at radius 3 is 1.67 bits per heavy atom. The molecule has 0 saturated heterocycles. The fourth-order valence-electron chi connectivity index (χ4n) is 3.09. The van der Waals surface area contributed by atoms with Gasteiger partial charge in [0.2, 0.25) is 0 Å². The van der Waals surface area contributed by atoms with Crippen molar-refractivity contribution in [3.8, 4) is 0 Å². The fraction of sp³-hybridized carbons (Fsp3) is 0.185. The summed E-state index contributed by atoms with van der Waals surface area (Å²) < 4.78 is 16.8. The standard InChI is InChI=1S/C27H24BrNO7/c1-33-29-17-23(35-26(31)20-13-7-3-8-14-20)24(36-27(32)21-15-9-4-10-16-21)22(28)18-34-25(30)19-11-5-2-6-12-19/h2-17,22-24H,18H2,1H3/b29-17+/t22-,23-,24+/m0/s1. The molecule has 0 fully saturated rings. The summed E-state index contributed by atoms with van der Waals surface area (Å²) in [7, 11) is 1.32. The third-order valence-electron chi connectivity index (χ3n) is 4.88. The molecule has 0 aliphatic rings. The van der Waals surface area contributed by atoms with E-state index in [2.05, 4.69) is 21.1 Å². The summed E-state index contributed by atoms with van der Waals surface area (Å²) in [5.41, 5.74) is 0.950. The molecule has 0 aromatic heterocycles. The maximum atomic E-state index is 12.9. The van der Waals surface area contributed by atoms with Gasteiger partial charge in [0, 0.05) is 0 Å². The van der Waals surface area contributed by atoms with Gasteiger partial charge in [-0.2, -0.15) is 0 Å². The van der Waals surface area contributed by atoms with Gasteiger partial charge in [0.05, 0.1) is 27.7 Å². The van der Waals surface area contributed by atoms with Crippen molar-refractivity contribution in [2.24, 2.45) is 5.16 Å². The van der Waals surface area contributed by atoms with E-state index in [1.54, 1.807) is 91.0 Å². The van der Waals surface area contributed by atoms with Crippen LogP contribution in [0.15, 0.2) is 96.2 Å². The van der Waals surface area contributed by atoms with Crippen LogP contribution in [0.5, 0.6) is 0 Å². The van der Waals surface area contributed by atoms with E-state index in [0.29, 0.717) is 16.7 Å². The zero-order chi connectivity index (χ0) is 25.8. The Bertz CT molecular complexity index is 1160. The van der Waals surface area contributed by atoms with Gasteiger partial charge in [-0.3, -0.25) is 0 Å². The highest BCUT2D eigenvalue weighted by molar-refractivity contribution is 9.09. The molecule has 186 valence electrons. The molecule has 0 aliphatic heterocycles. The van der Waals surface area contributed by atoms with Crippen molar-refractivity contribution in [2.75, 3.05) is 13.7 Å². The fourth-order valence-corrected chi connectivity index (χ4v) is 3.63. The molecule has 0 bridgehead atoms. The van der Waals surface area contributed by atoms with Crippen molar-refractivity contribution in [1.29, 1.82) is 0 Å². The van der Waals surface area contributed by atoms with Gasteiger partial charge in [-0.05, 0) is 36.4 Å². The van der Waals surface area contributed by atoms with Crippen molar-refractivity contribution in [3.05, 3.63) is 108 Å². The Morgan fingerprint density at radius 2 is 1.19 bits per heavy atom. The highest BCUT2D eigenvalue weighted by atomic mass is 79.9. The average molecular weight is 554 g/mol. The SMILES string of the molecule is CO/N=C/[C@H](OC(=O)c1ccccc1)[C@H](OC(=O)c1ccccc1)[C@@H](Br)COC(=O)c1ccccc1. The number of carbonyl (C=O) groups excluding carboxylic acids is 3. The molecule has 3 aromatic rings. The van der Waals surface area contributed by atoms with E-state index in [1.165, 1.54) is 13.3 Å². The molecule has 0 radical (unpaired) electrons. The second kappa shape index (κ2) is 13.8. The highest BCUT2D eigenvalue weighted by Gasteiger charge is 2.35. The molecular formula is C27H24BrNO7. The first-order valence-corrected chi connectivity index (χ1v) is 11.9. The predicted molar refractivity (Wildman–Crippen MR) is 136 cm³/mol. The number of halogens is 1. The second-order valence-electron chi connectivity index (χ2n) is 7.39. The summed E-state index contributed by atoms with van der Waals surface area (Å²) in [6.45, 7) is -0.194. The molecular weight excluding hydrogens is 530 g/mol. The van der Waals surface area contributed by atoms with Gasteiger partial charge in [-0.15, -0.1) is 0 Å². The highest BCUT2D eigenvalue weighted by Crippen LogP contribution is 2.20. The Kier molecular flexibility index (Phi) is 10.2. The van der Waals surface area contributed by atoms with Crippen LogP contribution in [0, 0.1) is 0 Å². The molecule has 3 atom stereocenters. The lowest BCUT2D eigenvalue weighted by Gasteiger charge is -2.28. The number of oxime groups is 1. The van der Waals surface area contributed by atoms with E-state index in [4.69, 9.17) is 19.0 Å². The minimum atomic E-state index is -1.18. The smallest absolute Gasteiger partial charge is 0.338 e. The van der Waals surface area contributed by atoms with Gasteiger partial charge in [0.1, 0.15) is 13.7 Å². The van der Waals surface area contributed by atoms with Gasteiger partial charge >= 0.3 is 17.9 Å². The Morgan fingerprint density at radius 1 is 0.750 bits per heavy atom. The summed E-state index contributed by atoms with van der Waals surface area (Å²) in [6.07, 6.45) is -1.10. The van der Waals surface area contributed by atoms with Gasteiger partial charge < -0.3 is 19.0 Å². The van der Waals surface area contributed by atoms with Crippen LogP contribution in [0.4, 0.5) is 0 Å². The maximum Gasteiger partial charge on any atom is 0.338 e. The zero-order valence-electron chi connectivity index (χ0n) is 19.4. The van der Waals surface area contributed by atoms with Crippen LogP contribution in [0.2, 0.25) is 0 Å². The van der Waals surface area contributed by atoms with Gasteiger partial charge in [0.15, 0.2) is 12.2 Å². The van der Waals surface area contributed by atoms with Crippen LogP contribution >= 0.6 is 15.9 Å². The molecule has 0 amide bonds. The third kappa shape index (κ3) is 7.78. The zero-order valence-corrected chi connectivity index (χ0v) is 20.9. The number of rotatable bonds is 11. The van der Waals surface area contributed by atoms with Gasteiger partial charge in [-0.25, -0.2) is 14.4 Å². The van der Waals surface area contributed by atoms with Gasteiger partial charge in [0.25, 0.3) is 0 Å². The largest absolute Gasteiger partial charge is 0.461 e. The van der Waals surface area contributed by atoms with E-state index >= 15 is 0 Å². The number of hydrogen-bond acceptors (Lipinski definition) is 8. The number of ether oxygens (including phenoxy) is 3. The lowest BCUT2D eigenvalue weighted by Crippen LogP contribution is -2.44. The first kappa shape index (κ1) is 26.6. The first-order chi connectivity index (χ1) is 17.5. The third-order valence-corrected chi connectivity index (χ3v) is 5.67. The van der Waals surface area contributed by atoms with Crippen molar-refractivity contribution in [1.82, 2.24) is 0 Å². The Balaban J connectivity index is 1.83. The number of esters is 3. The summed E-state index contributed by atoms with van der Waals surface area (Å²) in [5.74, 6) is -1.88. The Hall–Kier alpha value is -3.98. The molecule has 9 heteroatoms. The summed E-state index contributed by atoms with van der Waals surface area (Å²) >= 11 is 3.44. The van der Waals surface area contributed by atoms with E-state index in [1.807, 2.05) is 0 Å². The molecule has 0 N–H and O–H groups in total. The number of carbonyl (C=O) groups is 3. The molecule has 36 heavy (non-hydrogen) atoms. The van der Waals surface area contributed by atoms with Crippen molar-refractivity contribution < 1.29 is 33.4 Å². The minimum absolute atomic E-state index is 0.194. The van der Waals surface area contributed by atoms with Crippen LogP contribution in [0.25, 0.3) is 0 Å². The molecule has 3 aromatic carbocycles. The molecule has 0 unspecified atom stereocenters. The number of hydrogen-bond donors (Lipinski definition) is 0. The number of benzene rings is 3. The molecule has 3 rings (SSSR count). The number of alkyl halides is 1. The summed E-state index contributed by atoms with van der Waals surface area (Å²) in [4.78, 5) is 42.1. The van der Waals surface area contributed by atoms with Crippen molar-refractivity contribution in [3.63, 3.8) is 0 Å². The lowest BCUT2D eigenvalue weighted by molar-refractivity contribution is -0.0209.